The standard InChI is InChI=1S/C17H24N4O7/c1-9(20-16(26)12(18)8-22)15(25)19-7-14(24)21-13(17(27)28)6-10-2-4-11(23)5-3-10/h2-5,9,12-13,22-23H,6-8,18H2,1H3,(H,19,25)(H,20,26)(H,21,24)(H,27,28). The minimum absolute atomic E-state index is 0.0131. The van der Waals surface area contributed by atoms with Crippen LogP contribution in [0.4, 0.5) is 0 Å². The number of hydrogen-bond acceptors (Lipinski definition) is 7. The summed E-state index contributed by atoms with van der Waals surface area (Å²) in [7, 11) is 0. The monoisotopic (exact) mass is 396 g/mol. The Kier molecular flexibility index (Phi) is 8.85. The molecule has 3 amide bonds. The summed E-state index contributed by atoms with van der Waals surface area (Å²) >= 11 is 0. The Labute approximate surface area is 160 Å². The van der Waals surface area contributed by atoms with Gasteiger partial charge in [0.05, 0.1) is 13.2 Å². The number of carboxylic acids is 1. The van der Waals surface area contributed by atoms with E-state index in [1.165, 1.54) is 31.2 Å². The van der Waals surface area contributed by atoms with E-state index in [2.05, 4.69) is 16.0 Å². The van der Waals surface area contributed by atoms with Gasteiger partial charge in [-0.05, 0) is 24.6 Å². The molecule has 0 saturated heterocycles. The summed E-state index contributed by atoms with van der Waals surface area (Å²) in [5.41, 5.74) is 5.90. The first-order valence-corrected chi connectivity index (χ1v) is 8.38. The summed E-state index contributed by atoms with van der Waals surface area (Å²) in [6.45, 7) is 0.282. The van der Waals surface area contributed by atoms with Crippen molar-refractivity contribution in [2.24, 2.45) is 5.73 Å². The third-order valence-corrected chi connectivity index (χ3v) is 3.72. The van der Waals surface area contributed by atoms with Crippen LogP contribution < -0.4 is 21.7 Å². The molecule has 154 valence electrons. The number of phenols is 1. The van der Waals surface area contributed by atoms with Crippen LogP contribution in [0.15, 0.2) is 24.3 Å². The lowest BCUT2D eigenvalue weighted by atomic mass is 10.1. The number of aliphatic hydroxyl groups excluding tert-OH is 1. The van der Waals surface area contributed by atoms with E-state index in [-0.39, 0.29) is 12.2 Å². The van der Waals surface area contributed by atoms with Gasteiger partial charge in [-0.15, -0.1) is 0 Å². The van der Waals surface area contributed by atoms with Crippen molar-refractivity contribution in [3.8, 4) is 5.75 Å². The van der Waals surface area contributed by atoms with Gasteiger partial charge in [-0.1, -0.05) is 12.1 Å². The molecule has 0 aliphatic rings. The summed E-state index contributed by atoms with van der Waals surface area (Å²) in [6.07, 6.45) is -0.0131. The average Bonchev–Trinajstić information content (AvgIpc) is 2.66. The van der Waals surface area contributed by atoms with Gasteiger partial charge in [-0.2, -0.15) is 0 Å². The number of aliphatic hydroxyl groups is 1. The second-order valence-electron chi connectivity index (χ2n) is 6.07. The minimum Gasteiger partial charge on any atom is -0.508 e. The highest BCUT2D eigenvalue weighted by Crippen LogP contribution is 2.11. The van der Waals surface area contributed by atoms with E-state index < -0.39 is 55.0 Å². The molecule has 0 bridgehead atoms. The van der Waals surface area contributed by atoms with Gasteiger partial charge in [0.25, 0.3) is 0 Å². The summed E-state index contributed by atoms with van der Waals surface area (Å²) < 4.78 is 0. The molecule has 11 nitrogen and oxygen atoms in total. The lowest BCUT2D eigenvalue weighted by molar-refractivity contribution is -0.141. The van der Waals surface area contributed by atoms with Crippen molar-refractivity contribution in [1.29, 1.82) is 0 Å². The molecule has 0 heterocycles. The molecule has 0 radical (unpaired) electrons. The highest BCUT2D eigenvalue weighted by molar-refractivity contribution is 5.92. The predicted octanol–water partition coefficient (Wildman–Crippen LogP) is -2.56. The molecule has 1 aromatic carbocycles. The number of nitrogens with one attached hydrogen (secondary N) is 3. The molecule has 0 aliphatic heterocycles. The fourth-order valence-electron chi connectivity index (χ4n) is 2.10. The quantitative estimate of drug-likeness (QED) is 0.225. The van der Waals surface area contributed by atoms with Crippen LogP contribution in [0, 0.1) is 0 Å². The molecular weight excluding hydrogens is 372 g/mol. The maximum Gasteiger partial charge on any atom is 0.326 e. The van der Waals surface area contributed by atoms with Gasteiger partial charge in [0.15, 0.2) is 0 Å². The number of phenolic OH excluding ortho intramolecular Hbond substituents is 1. The minimum atomic E-state index is -1.26. The Balaban J connectivity index is 2.51. The molecule has 0 aliphatic carbocycles. The summed E-state index contributed by atoms with van der Waals surface area (Å²) in [5, 5.41) is 34.1. The molecule has 1 rings (SSSR count). The topological polar surface area (TPSA) is 191 Å². The van der Waals surface area contributed by atoms with Crippen LogP contribution in [0.3, 0.4) is 0 Å². The second-order valence-corrected chi connectivity index (χ2v) is 6.07. The molecule has 28 heavy (non-hydrogen) atoms. The van der Waals surface area contributed by atoms with Crippen LogP contribution in [-0.4, -0.2) is 70.3 Å². The number of carbonyl (C=O) groups is 4. The fraction of sp³-hybridized carbons (Fsp3) is 0.412. The molecule has 0 aromatic heterocycles. The zero-order valence-electron chi connectivity index (χ0n) is 15.2. The predicted molar refractivity (Wildman–Crippen MR) is 97.1 cm³/mol. The van der Waals surface area contributed by atoms with Crippen LogP contribution in [0.2, 0.25) is 0 Å². The zero-order chi connectivity index (χ0) is 21.3. The number of nitrogens with two attached hydrogens (primary N) is 1. The molecule has 3 atom stereocenters. The zero-order valence-corrected chi connectivity index (χ0v) is 15.2. The third-order valence-electron chi connectivity index (χ3n) is 3.72. The van der Waals surface area contributed by atoms with Gasteiger partial charge in [0, 0.05) is 6.42 Å². The lowest BCUT2D eigenvalue weighted by Gasteiger charge is -2.17. The number of aromatic hydroxyl groups is 1. The number of hydrogen-bond donors (Lipinski definition) is 7. The van der Waals surface area contributed by atoms with Gasteiger partial charge in [0.2, 0.25) is 17.7 Å². The van der Waals surface area contributed by atoms with Crippen molar-refractivity contribution in [1.82, 2.24) is 16.0 Å². The summed E-state index contributed by atoms with van der Waals surface area (Å²) in [4.78, 5) is 46.7. The molecule has 8 N–H and O–H groups in total. The van der Waals surface area contributed by atoms with E-state index in [9.17, 15) is 29.4 Å². The molecule has 3 unspecified atom stereocenters. The first-order chi connectivity index (χ1) is 13.1. The summed E-state index contributed by atoms with van der Waals surface area (Å²) in [5.74, 6) is -3.37. The highest BCUT2D eigenvalue weighted by atomic mass is 16.4. The largest absolute Gasteiger partial charge is 0.508 e. The number of aliphatic carboxylic acids is 1. The molecule has 0 saturated carbocycles. The van der Waals surface area contributed by atoms with E-state index in [1.807, 2.05) is 0 Å². The maximum atomic E-state index is 11.9. The van der Waals surface area contributed by atoms with E-state index in [4.69, 9.17) is 10.8 Å². The van der Waals surface area contributed by atoms with Gasteiger partial charge < -0.3 is 37.0 Å². The van der Waals surface area contributed by atoms with Crippen LogP contribution in [0.25, 0.3) is 0 Å². The number of benzene rings is 1. The molecule has 1 aromatic rings. The number of amides is 3. The van der Waals surface area contributed by atoms with Crippen LogP contribution in [0.5, 0.6) is 5.75 Å². The Hall–Kier alpha value is -3.18. The smallest absolute Gasteiger partial charge is 0.326 e. The first-order valence-electron chi connectivity index (χ1n) is 8.38. The Bertz CT molecular complexity index is 708. The van der Waals surface area contributed by atoms with Crippen molar-refractivity contribution in [2.45, 2.75) is 31.5 Å². The highest BCUT2D eigenvalue weighted by Gasteiger charge is 2.22. The number of carboxylic acid groups (broad SMARTS) is 1. The average molecular weight is 396 g/mol. The van der Waals surface area contributed by atoms with E-state index >= 15 is 0 Å². The molecule has 0 spiro atoms. The van der Waals surface area contributed by atoms with Crippen LogP contribution >= 0.6 is 0 Å². The Morgan fingerprint density at radius 3 is 2.21 bits per heavy atom. The van der Waals surface area contributed by atoms with E-state index in [1.54, 1.807) is 0 Å². The Morgan fingerprint density at radius 1 is 1.07 bits per heavy atom. The van der Waals surface area contributed by atoms with Gasteiger partial charge >= 0.3 is 5.97 Å². The van der Waals surface area contributed by atoms with Gasteiger partial charge in [-0.25, -0.2) is 4.79 Å². The number of carbonyl (C=O) groups excluding carboxylic acids is 3. The van der Waals surface area contributed by atoms with E-state index in [0.717, 1.165) is 0 Å². The maximum absolute atomic E-state index is 11.9. The van der Waals surface area contributed by atoms with Crippen molar-refractivity contribution in [3.63, 3.8) is 0 Å². The normalized spacial score (nSPS) is 13.7. The van der Waals surface area contributed by atoms with E-state index in [0.29, 0.717) is 5.56 Å². The van der Waals surface area contributed by atoms with Crippen molar-refractivity contribution in [2.75, 3.05) is 13.2 Å². The van der Waals surface area contributed by atoms with Crippen LogP contribution in [0.1, 0.15) is 12.5 Å². The van der Waals surface area contributed by atoms with Gasteiger partial charge in [-0.3, -0.25) is 14.4 Å². The summed E-state index contributed by atoms with van der Waals surface area (Å²) in [6, 6.07) is 2.44. The molecule has 11 heteroatoms. The van der Waals surface area contributed by atoms with Gasteiger partial charge in [0.1, 0.15) is 23.9 Å². The molecular formula is C17H24N4O7. The van der Waals surface area contributed by atoms with Crippen molar-refractivity contribution < 1.29 is 34.5 Å². The Morgan fingerprint density at radius 2 is 1.68 bits per heavy atom. The second kappa shape index (κ2) is 10.8. The fourth-order valence-corrected chi connectivity index (χ4v) is 2.10. The SMILES string of the molecule is CC(NC(=O)C(N)CO)C(=O)NCC(=O)NC(Cc1ccc(O)cc1)C(=O)O. The van der Waals surface area contributed by atoms with Crippen molar-refractivity contribution in [3.05, 3.63) is 29.8 Å². The molecule has 0 fully saturated rings. The van der Waals surface area contributed by atoms with Crippen LogP contribution in [-0.2, 0) is 25.6 Å². The van der Waals surface area contributed by atoms with Crippen molar-refractivity contribution >= 4 is 23.7 Å². The number of rotatable bonds is 10. The first kappa shape index (κ1) is 22.9. The lowest BCUT2D eigenvalue weighted by Crippen LogP contribution is -2.53. The third kappa shape index (κ3) is 7.60.